The van der Waals surface area contributed by atoms with Crippen molar-refractivity contribution in [2.24, 2.45) is 5.92 Å². The summed E-state index contributed by atoms with van der Waals surface area (Å²) in [6.45, 7) is 10.4. The number of nitrogens with one attached hydrogen (secondary N) is 1. The van der Waals surface area contributed by atoms with Crippen molar-refractivity contribution < 1.29 is 23.8 Å². The van der Waals surface area contributed by atoms with E-state index in [-0.39, 0.29) is 18.4 Å². The van der Waals surface area contributed by atoms with E-state index in [2.05, 4.69) is 5.32 Å². The Kier molecular flexibility index (Phi) is 6.61. The SMILES string of the molecule is CC[C@H](C)[C@H](NC(=O)C1COCCO1)C(=O)OC(C)(C)C. The Balaban J connectivity index is 2.69. The summed E-state index contributed by atoms with van der Waals surface area (Å²) in [4.78, 5) is 24.4. The first-order chi connectivity index (χ1) is 9.74. The molecule has 6 heteroatoms. The van der Waals surface area contributed by atoms with Gasteiger partial charge in [-0.05, 0) is 26.7 Å². The number of amides is 1. The zero-order chi connectivity index (χ0) is 16.0. The fourth-order valence-corrected chi connectivity index (χ4v) is 1.92. The number of hydrogen-bond donors (Lipinski definition) is 1. The van der Waals surface area contributed by atoms with Gasteiger partial charge in [-0.1, -0.05) is 20.3 Å². The number of esters is 1. The summed E-state index contributed by atoms with van der Waals surface area (Å²) in [6, 6.07) is -0.674. The molecular formula is C15H27NO5. The summed E-state index contributed by atoms with van der Waals surface area (Å²) in [5.41, 5.74) is -0.585. The highest BCUT2D eigenvalue weighted by molar-refractivity contribution is 5.87. The van der Waals surface area contributed by atoms with Gasteiger partial charge < -0.3 is 19.5 Å². The summed E-state index contributed by atoms with van der Waals surface area (Å²) in [7, 11) is 0. The lowest BCUT2D eigenvalue weighted by Gasteiger charge is -2.29. The van der Waals surface area contributed by atoms with Crippen LogP contribution in [0, 0.1) is 5.92 Å². The molecule has 1 aliphatic rings. The molecule has 0 bridgehead atoms. The number of rotatable bonds is 5. The van der Waals surface area contributed by atoms with E-state index in [0.717, 1.165) is 6.42 Å². The molecule has 21 heavy (non-hydrogen) atoms. The minimum Gasteiger partial charge on any atom is -0.458 e. The highest BCUT2D eigenvalue weighted by Gasteiger charge is 2.33. The van der Waals surface area contributed by atoms with Crippen LogP contribution < -0.4 is 5.32 Å². The molecule has 122 valence electrons. The van der Waals surface area contributed by atoms with Gasteiger partial charge in [-0.3, -0.25) is 4.79 Å². The molecule has 1 saturated heterocycles. The van der Waals surface area contributed by atoms with Crippen molar-refractivity contribution in [3.8, 4) is 0 Å². The molecule has 0 aromatic rings. The van der Waals surface area contributed by atoms with Crippen LogP contribution in [0.25, 0.3) is 0 Å². The van der Waals surface area contributed by atoms with Gasteiger partial charge in [0.15, 0.2) is 6.10 Å². The molecule has 1 aliphatic heterocycles. The third-order valence-corrected chi connectivity index (χ3v) is 3.28. The fourth-order valence-electron chi connectivity index (χ4n) is 1.92. The standard InChI is InChI=1S/C15H27NO5/c1-6-10(2)12(14(18)21-15(3,4)5)16-13(17)11-9-19-7-8-20-11/h10-12H,6-9H2,1-5H3,(H,16,17)/t10-,11?,12-/m0/s1. The first kappa shape index (κ1) is 17.9. The van der Waals surface area contributed by atoms with Crippen LogP contribution in [0.15, 0.2) is 0 Å². The fraction of sp³-hybridized carbons (Fsp3) is 0.867. The van der Waals surface area contributed by atoms with Gasteiger partial charge in [0.2, 0.25) is 0 Å². The molecule has 1 unspecified atom stereocenters. The maximum Gasteiger partial charge on any atom is 0.329 e. The Morgan fingerprint density at radius 2 is 2.00 bits per heavy atom. The van der Waals surface area contributed by atoms with Gasteiger partial charge in [0.25, 0.3) is 5.91 Å². The van der Waals surface area contributed by atoms with Crippen LogP contribution in [0.1, 0.15) is 41.0 Å². The topological polar surface area (TPSA) is 73.9 Å². The molecule has 3 atom stereocenters. The predicted octanol–water partition coefficient (Wildman–Crippen LogP) is 1.27. The smallest absolute Gasteiger partial charge is 0.329 e. The Labute approximate surface area is 126 Å². The summed E-state index contributed by atoms with van der Waals surface area (Å²) < 4.78 is 15.9. The molecule has 0 aliphatic carbocycles. The molecule has 0 saturated carbocycles. The lowest BCUT2D eigenvalue weighted by Crippen LogP contribution is -2.52. The Hall–Kier alpha value is -1.14. The molecule has 0 aromatic carbocycles. The number of ether oxygens (including phenoxy) is 3. The zero-order valence-corrected chi connectivity index (χ0v) is 13.6. The lowest BCUT2D eigenvalue weighted by molar-refractivity contribution is -0.163. The van der Waals surface area contributed by atoms with Gasteiger partial charge in [0.05, 0.1) is 19.8 Å². The van der Waals surface area contributed by atoms with Gasteiger partial charge in [0, 0.05) is 0 Å². The van der Waals surface area contributed by atoms with Crippen LogP contribution in [-0.2, 0) is 23.8 Å². The normalized spacial score (nSPS) is 22.2. The minimum atomic E-state index is -0.674. The van der Waals surface area contributed by atoms with Crippen LogP contribution >= 0.6 is 0 Å². The third kappa shape index (κ3) is 6.01. The van der Waals surface area contributed by atoms with Crippen molar-refractivity contribution in [1.82, 2.24) is 5.32 Å². The molecular weight excluding hydrogens is 274 g/mol. The molecule has 6 nitrogen and oxygen atoms in total. The monoisotopic (exact) mass is 301 g/mol. The molecule has 1 amide bonds. The van der Waals surface area contributed by atoms with Crippen molar-refractivity contribution in [1.29, 1.82) is 0 Å². The van der Waals surface area contributed by atoms with Gasteiger partial charge >= 0.3 is 5.97 Å². The van der Waals surface area contributed by atoms with Crippen LogP contribution in [0.4, 0.5) is 0 Å². The van der Waals surface area contributed by atoms with E-state index in [0.29, 0.717) is 13.2 Å². The van der Waals surface area contributed by atoms with Crippen LogP contribution in [0.5, 0.6) is 0 Å². The van der Waals surface area contributed by atoms with Gasteiger partial charge in [-0.2, -0.15) is 0 Å². The summed E-state index contributed by atoms with van der Waals surface area (Å²) in [5.74, 6) is -0.763. The minimum absolute atomic E-state index is 0.0201. The van der Waals surface area contributed by atoms with Crippen molar-refractivity contribution >= 4 is 11.9 Å². The average molecular weight is 301 g/mol. The largest absolute Gasteiger partial charge is 0.458 e. The van der Waals surface area contributed by atoms with Crippen molar-refractivity contribution in [2.75, 3.05) is 19.8 Å². The van der Waals surface area contributed by atoms with Crippen LogP contribution in [0.3, 0.4) is 0 Å². The van der Waals surface area contributed by atoms with E-state index in [1.165, 1.54) is 0 Å². The number of carbonyl (C=O) groups is 2. The van der Waals surface area contributed by atoms with E-state index in [4.69, 9.17) is 14.2 Å². The summed E-state index contributed by atoms with van der Waals surface area (Å²) >= 11 is 0. The second-order valence-electron chi connectivity index (χ2n) is 6.34. The molecule has 0 aromatic heterocycles. The molecule has 1 fully saturated rings. The quantitative estimate of drug-likeness (QED) is 0.774. The lowest BCUT2D eigenvalue weighted by atomic mass is 9.98. The second kappa shape index (κ2) is 7.75. The highest BCUT2D eigenvalue weighted by Crippen LogP contribution is 2.15. The molecule has 0 spiro atoms. The van der Waals surface area contributed by atoms with E-state index in [1.54, 1.807) is 20.8 Å². The molecule has 1 heterocycles. The van der Waals surface area contributed by atoms with Crippen molar-refractivity contribution in [2.45, 2.75) is 58.8 Å². The van der Waals surface area contributed by atoms with E-state index >= 15 is 0 Å². The first-order valence-electron chi connectivity index (χ1n) is 7.47. The Morgan fingerprint density at radius 1 is 1.33 bits per heavy atom. The Morgan fingerprint density at radius 3 is 2.48 bits per heavy atom. The van der Waals surface area contributed by atoms with Crippen LogP contribution in [0.2, 0.25) is 0 Å². The number of hydrogen-bond acceptors (Lipinski definition) is 5. The second-order valence-corrected chi connectivity index (χ2v) is 6.34. The zero-order valence-electron chi connectivity index (χ0n) is 13.6. The van der Waals surface area contributed by atoms with E-state index in [9.17, 15) is 9.59 Å². The third-order valence-electron chi connectivity index (χ3n) is 3.28. The summed E-state index contributed by atoms with van der Waals surface area (Å²) in [5, 5.41) is 2.74. The van der Waals surface area contributed by atoms with Crippen molar-refractivity contribution in [3.05, 3.63) is 0 Å². The first-order valence-corrected chi connectivity index (χ1v) is 7.47. The predicted molar refractivity (Wildman–Crippen MR) is 77.8 cm³/mol. The maximum absolute atomic E-state index is 12.3. The van der Waals surface area contributed by atoms with Crippen LogP contribution in [-0.4, -0.2) is 49.4 Å². The van der Waals surface area contributed by atoms with Gasteiger partial charge in [0.1, 0.15) is 11.6 Å². The molecule has 1 rings (SSSR count). The van der Waals surface area contributed by atoms with Crippen molar-refractivity contribution in [3.63, 3.8) is 0 Å². The van der Waals surface area contributed by atoms with E-state index < -0.39 is 23.7 Å². The highest BCUT2D eigenvalue weighted by atomic mass is 16.6. The Bertz CT molecular complexity index is 358. The molecule has 0 radical (unpaired) electrons. The number of carbonyl (C=O) groups excluding carboxylic acids is 2. The average Bonchev–Trinajstić information content (AvgIpc) is 2.42. The van der Waals surface area contributed by atoms with Gasteiger partial charge in [-0.15, -0.1) is 0 Å². The summed E-state index contributed by atoms with van der Waals surface area (Å²) in [6.07, 6.45) is 0.0967. The maximum atomic E-state index is 12.3. The van der Waals surface area contributed by atoms with Gasteiger partial charge in [-0.25, -0.2) is 4.79 Å². The molecule has 1 N–H and O–H groups in total. The van der Waals surface area contributed by atoms with E-state index in [1.807, 2.05) is 13.8 Å².